The van der Waals surface area contributed by atoms with Crippen LogP contribution in [0.1, 0.15) is 80.6 Å². The molecule has 9 heteroatoms. The number of nitrogens with zero attached hydrogens (tertiary/aromatic N) is 3. The quantitative estimate of drug-likeness (QED) is 0.129. The van der Waals surface area contributed by atoms with E-state index in [4.69, 9.17) is 0 Å². The lowest BCUT2D eigenvalue weighted by atomic mass is 10.0. The van der Waals surface area contributed by atoms with Gasteiger partial charge in [0.25, 0.3) is 0 Å². The van der Waals surface area contributed by atoms with Crippen LogP contribution in [0.3, 0.4) is 0 Å². The topological polar surface area (TPSA) is 137 Å². The molecule has 0 bridgehead atoms. The molecule has 2 aliphatic carbocycles. The van der Waals surface area contributed by atoms with E-state index in [1.807, 2.05) is 61.5 Å². The van der Waals surface area contributed by atoms with Crippen LogP contribution in [0.2, 0.25) is 0 Å². The van der Waals surface area contributed by atoms with Crippen molar-refractivity contribution in [2.24, 2.45) is 0 Å². The maximum Gasteiger partial charge on any atom is 0.337 e. The van der Waals surface area contributed by atoms with Gasteiger partial charge in [0.2, 0.25) is 0 Å². The van der Waals surface area contributed by atoms with E-state index in [2.05, 4.69) is 32.5 Å². The van der Waals surface area contributed by atoms with E-state index in [-0.39, 0.29) is 11.1 Å². The van der Waals surface area contributed by atoms with Crippen LogP contribution in [-0.2, 0) is 0 Å². The standard InChI is InChI=1S/C20H17N3O2.C17H18N2O2/c24-20(25)17-10-15(13-6-7-13)8-9-18(17)23-16-11-21-19(22-12-16)14-4-2-1-3-5-14;1-10-3-6-15(14(7-10)17(20)21)19-13-8-11(2)16(18-9-13)12-4-5-12/h1-5,8-13,23H,6-7H2,(H,24,25);3,6-9,12,19H,4-5H2,1-2H3,(H,20,21). The Kier molecular flexibility index (Phi) is 8.74. The third kappa shape index (κ3) is 7.38. The van der Waals surface area contributed by atoms with Gasteiger partial charge in [0.15, 0.2) is 5.82 Å². The Labute approximate surface area is 267 Å². The summed E-state index contributed by atoms with van der Waals surface area (Å²) in [4.78, 5) is 36.1. The molecule has 7 rings (SSSR count). The van der Waals surface area contributed by atoms with Gasteiger partial charge in [0, 0.05) is 17.2 Å². The lowest BCUT2D eigenvalue weighted by molar-refractivity contribution is 0.0687. The van der Waals surface area contributed by atoms with Gasteiger partial charge in [-0.3, -0.25) is 4.98 Å². The Balaban J connectivity index is 0.000000164. The van der Waals surface area contributed by atoms with Crippen LogP contribution in [0.25, 0.3) is 11.4 Å². The molecule has 0 spiro atoms. The highest BCUT2D eigenvalue weighted by molar-refractivity contribution is 5.96. The van der Waals surface area contributed by atoms with Crippen molar-refractivity contribution in [3.8, 4) is 11.4 Å². The highest BCUT2D eigenvalue weighted by Gasteiger charge is 2.27. The SMILES string of the molecule is Cc1ccc(Nc2cnc(C3CC3)c(C)c2)c(C(=O)O)c1.O=C(O)c1cc(C2CC2)ccc1Nc1cnc(-c2ccccc2)nc1. The number of aryl methyl sites for hydroxylation is 2. The fourth-order valence-corrected chi connectivity index (χ4v) is 5.34. The molecule has 2 fully saturated rings. The van der Waals surface area contributed by atoms with Crippen molar-refractivity contribution in [2.45, 2.75) is 51.4 Å². The zero-order chi connectivity index (χ0) is 32.2. The van der Waals surface area contributed by atoms with Crippen LogP contribution < -0.4 is 10.6 Å². The number of nitrogens with one attached hydrogen (secondary N) is 2. The largest absolute Gasteiger partial charge is 0.478 e. The van der Waals surface area contributed by atoms with Crippen LogP contribution in [0.15, 0.2) is 91.4 Å². The minimum atomic E-state index is -0.938. The molecule has 46 heavy (non-hydrogen) atoms. The van der Waals surface area contributed by atoms with Gasteiger partial charge in [-0.15, -0.1) is 0 Å². The second-order valence-corrected chi connectivity index (χ2v) is 11.9. The first-order valence-electron chi connectivity index (χ1n) is 15.3. The molecule has 2 saturated carbocycles. The molecular weight excluding hydrogens is 578 g/mol. The van der Waals surface area contributed by atoms with Crippen molar-refractivity contribution in [1.29, 1.82) is 0 Å². The zero-order valence-electron chi connectivity index (χ0n) is 25.7. The van der Waals surface area contributed by atoms with Gasteiger partial charge in [0.1, 0.15) is 0 Å². The van der Waals surface area contributed by atoms with Crippen molar-refractivity contribution in [1.82, 2.24) is 15.0 Å². The summed E-state index contributed by atoms with van der Waals surface area (Å²) in [6, 6.07) is 22.7. The lowest BCUT2D eigenvalue weighted by Gasteiger charge is -2.12. The molecule has 0 unspecified atom stereocenters. The van der Waals surface area contributed by atoms with Gasteiger partial charge in [-0.25, -0.2) is 19.6 Å². The van der Waals surface area contributed by atoms with E-state index >= 15 is 0 Å². The lowest BCUT2D eigenvalue weighted by Crippen LogP contribution is -2.04. The van der Waals surface area contributed by atoms with Crippen molar-refractivity contribution in [3.63, 3.8) is 0 Å². The van der Waals surface area contributed by atoms with Crippen LogP contribution in [0.4, 0.5) is 22.7 Å². The summed E-state index contributed by atoms with van der Waals surface area (Å²) in [5.41, 5.74) is 8.46. The number of carboxylic acids is 2. The van der Waals surface area contributed by atoms with E-state index < -0.39 is 11.9 Å². The first-order chi connectivity index (χ1) is 22.2. The minimum absolute atomic E-state index is 0.275. The van der Waals surface area contributed by atoms with E-state index in [9.17, 15) is 19.8 Å². The number of benzene rings is 3. The number of hydrogen-bond acceptors (Lipinski definition) is 7. The molecule has 9 nitrogen and oxygen atoms in total. The molecular formula is C37H35N5O4. The van der Waals surface area contributed by atoms with Crippen LogP contribution >= 0.6 is 0 Å². The van der Waals surface area contributed by atoms with Gasteiger partial charge in [0.05, 0.1) is 52.5 Å². The van der Waals surface area contributed by atoms with E-state index in [1.54, 1.807) is 36.8 Å². The first-order valence-corrected chi connectivity index (χ1v) is 15.3. The average molecular weight is 614 g/mol. The Morgan fingerprint density at radius 2 is 1.26 bits per heavy atom. The number of aromatic nitrogens is 3. The van der Waals surface area contributed by atoms with E-state index in [0.717, 1.165) is 40.8 Å². The highest BCUT2D eigenvalue weighted by atomic mass is 16.4. The van der Waals surface area contributed by atoms with Crippen LogP contribution in [0.5, 0.6) is 0 Å². The third-order valence-corrected chi connectivity index (χ3v) is 8.05. The van der Waals surface area contributed by atoms with Gasteiger partial charge < -0.3 is 20.8 Å². The monoisotopic (exact) mass is 613 g/mol. The van der Waals surface area contributed by atoms with Gasteiger partial charge in [-0.2, -0.15) is 0 Å². The highest BCUT2D eigenvalue weighted by Crippen LogP contribution is 2.42. The van der Waals surface area contributed by atoms with Crippen molar-refractivity contribution < 1.29 is 19.8 Å². The molecule has 5 aromatic rings. The number of carboxylic acid groups (broad SMARTS) is 2. The Morgan fingerprint density at radius 3 is 1.87 bits per heavy atom. The summed E-state index contributed by atoms with van der Waals surface area (Å²) >= 11 is 0. The van der Waals surface area contributed by atoms with E-state index in [0.29, 0.717) is 34.7 Å². The molecule has 2 aliphatic rings. The van der Waals surface area contributed by atoms with E-state index in [1.165, 1.54) is 18.5 Å². The summed E-state index contributed by atoms with van der Waals surface area (Å²) in [6.45, 7) is 3.94. The second-order valence-electron chi connectivity index (χ2n) is 11.9. The third-order valence-electron chi connectivity index (χ3n) is 8.05. The molecule has 0 aliphatic heterocycles. The first kappa shape index (κ1) is 30.5. The maximum atomic E-state index is 11.6. The molecule has 2 heterocycles. The summed E-state index contributed by atoms with van der Waals surface area (Å²) in [5, 5.41) is 25.1. The second kappa shape index (κ2) is 13.2. The fraction of sp³-hybridized carbons (Fsp3) is 0.216. The molecule has 0 atom stereocenters. The van der Waals surface area contributed by atoms with Gasteiger partial charge >= 0.3 is 11.9 Å². The smallest absolute Gasteiger partial charge is 0.337 e. The summed E-state index contributed by atoms with van der Waals surface area (Å²) in [6.07, 6.45) is 9.84. The number of rotatable bonds is 9. The Morgan fingerprint density at radius 1 is 0.674 bits per heavy atom. The molecule has 232 valence electrons. The zero-order valence-corrected chi connectivity index (χ0v) is 25.7. The van der Waals surface area contributed by atoms with Crippen LogP contribution in [0, 0.1) is 13.8 Å². The van der Waals surface area contributed by atoms with Crippen molar-refractivity contribution in [2.75, 3.05) is 10.6 Å². The number of hydrogen-bond donors (Lipinski definition) is 4. The van der Waals surface area contributed by atoms with Crippen molar-refractivity contribution >= 4 is 34.7 Å². The molecule has 0 amide bonds. The molecule has 2 aromatic heterocycles. The van der Waals surface area contributed by atoms with Gasteiger partial charge in [-0.1, -0.05) is 48.0 Å². The number of anilines is 4. The summed E-state index contributed by atoms with van der Waals surface area (Å²) in [5.74, 6) is -0.102. The summed E-state index contributed by atoms with van der Waals surface area (Å²) < 4.78 is 0. The summed E-state index contributed by atoms with van der Waals surface area (Å²) in [7, 11) is 0. The van der Waals surface area contributed by atoms with Crippen LogP contribution in [-0.4, -0.2) is 37.1 Å². The average Bonchev–Trinajstić information content (AvgIpc) is 3.98. The van der Waals surface area contributed by atoms with Crippen molar-refractivity contribution in [3.05, 3.63) is 125 Å². The van der Waals surface area contributed by atoms with Gasteiger partial charge in [-0.05, 0) is 86.9 Å². The predicted molar refractivity (Wildman–Crippen MR) is 178 cm³/mol. The minimum Gasteiger partial charge on any atom is -0.478 e. The number of aromatic carboxylic acids is 2. The predicted octanol–water partition coefficient (Wildman–Crippen LogP) is 8.48. The molecule has 0 saturated heterocycles. The fourth-order valence-electron chi connectivity index (χ4n) is 5.34. The molecule has 3 aromatic carbocycles. The molecule has 0 radical (unpaired) electrons. The maximum absolute atomic E-state index is 11.6. The normalized spacial score (nSPS) is 13.7. The number of carbonyl (C=O) groups is 2. The Bertz CT molecular complexity index is 1880. The number of pyridine rings is 1. The Hall–Kier alpha value is -5.57. The molecule has 4 N–H and O–H groups in total.